The minimum atomic E-state index is -0.197. The Kier molecular flexibility index (Phi) is 6.53. The van der Waals surface area contributed by atoms with Gasteiger partial charge >= 0.3 is 0 Å². The Morgan fingerprint density at radius 3 is 2.38 bits per heavy atom. The van der Waals surface area contributed by atoms with E-state index in [9.17, 15) is 9.59 Å². The van der Waals surface area contributed by atoms with Gasteiger partial charge in [-0.2, -0.15) is 4.98 Å². The zero-order valence-electron chi connectivity index (χ0n) is 18.2. The predicted octanol–water partition coefficient (Wildman–Crippen LogP) is 4.64. The second kappa shape index (κ2) is 9.89. The molecule has 5 rings (SSSR count). The maximum absolute atomic E-state index is 13.3. The van der Waals surface area contributed by atoms with Crippen molar-refractivity contribution in [3.63, 3.8) is 0 Å². The van der Waals surface area contributed by atoms with Crippen LogP contribution in [-0.4, -0.2) is 57.8 Å². The fourth-order valence-corrected chi connectivity index (χ4v) is 4.70. The normalized spacial score (nSPS) is 14.3. The van der Waals surface area contributed by atoms with Crippen LogP contribution in [0, 0.1) is 0 Å². The van der Waals surface area contributed by atoms with Crippen LogP contribution in [0.15, 0.2) is 70.6 Å². The van der Waals surface area contributed by atoms with Gasteiger partial charge in [-0.25, -0.2) is 0 Å². The summed E-state index contributed by atoms with van der Waals surface area (Å²) in [6.07, 6.45) is 0. The second-order valence-corrected chi connectivity index (χ2v) is 9.32. The number of carbonyl (C=O) groups excluding carboxylic acids is 2. The number of rotatable bonds is 6. The zero-order chi connectivity index (χ0) is 23.5. The van der Waals surface area contributed by atoms with E-state index < -0.39 is 0 Å². The highest BCUT2D eigenvalue weighted by Crippen LogP contribution is 2.22. The summed E-state index contributed by atoms with van der Waals surface area (Å²) in [5, 5.41) is 6.59. The van der Waals surface area contributed by atoms with Crippen molar-refractivity contribution in [2.75, 3.05) is 26.2 Å². The molecule has 1 fully saturated rings. The van der Waals surface area contributed by atoms with Crippen molar-refractivity contribution < 1.29 is 14.1 Å². The second-order valence-electron chi connectivity index (χ2n) is 7.94. The van der Waals surface area contributed by atoms with Crippen molar-refractivity contribution in [3.05, 3.63) is 93.6 Å². The first kappa shape index (κ1) is 22.5. The highest BCUT2D eigenvalue weighted by Gasteiger charge is 2.26. The van der Waals surface area contributed by atoms with Gasteiger partial charge in [0.05, 0.1) is 17.0 Å². The van der Waals surface area contributed by atoms with Gasteiger partial charge in [0.15, 0.2) is 5.78 Å². The SMILES string of the molecule is O=C(c1ccc(Cl)cc1)c1ccccc1C(=O)N1CCN(Cc2nc(-c3cccs3)no2)CC1. The molecule has 0 atom stereocenters. The zero-order valence-corrected chi connectivity index (χ0v) is 19.8. The molecule has 0 saturated carbocycles. The van der Waals surface area contributed by atoms with Crippen LogP contribution in [0.1, 0.15) is 32.2 Å². The molecular formula is C25H21ClN4O3S. The van der Waals surface area contributed by atoms with Gasteiger partial charge in [0.25, 0.3) is 5.91 Å². The number of amides is 1. The van der Waals surface area contributed by atoms with Crippen LogP contribution in [0.4, 0.5) is 0 Å². The standard InChI is InChI=1S/C25H21ClN4O3S/c26-18-9-7-17(8-10-18)23(31)19-4-1-2-5-20(19)25(32)30-13-11-29(12-14-30)16-22-27-24(28-33-22)21-6-3-15-34-21/h1-10,15H,11-14,16H2. The van der Waals surface area contributed by atoms with E-state index in [-0.39, 0.29) is 11.7 Å². The molecule has 0 spiro atoms. The van der Waals surface area contributed by atoms with Gasteiger partial charge in [0, 0.05) is 42.3 Å². The van der Waals surface area contributed by atoms with Crippen molar-refractivity contribution in [1.82, 2.24) is 19.9 Å². The maximum Gasteiger partial charge on any atom is 0.254 e. The summed E-state index contributed by atoms with van der Waals surface area (Å²) in [4.78, 5) is 35.8. The number of benzene rings is 2. The topological polar surface area (TPSA) is 79.5 Å². The van der Waals surface area contributed by atoms with Gasteiger partial charge in [-0.15, -0.1) is 11.3 Å². The van der Waals surface area contributed by atoms with Gasteiger partial charge in [-0.1, -0.05) is 41.0 Å². The average molecular weight is 493 g/mol. The third-order valence-electron chi connectivity index (χ3n) is 5.74. The number of piperazine rings is 1. The maximum atomic E-state index is 13.3. The van der Waals surface area contributed by atoms with Crippen LogP contribution in [0.2, 0.25) is 5.02 Å². The Balaban J connectivity index is 1.23. The number of aromatic nitrogens is 2. The quantitative estimate of drug-likeness (QED) is 0.365. The Morgan fingerprint density at radius 1 is 0.941 bits per heavy atom. The van der Waals surface area contributed by atoms with Crippen LogP contribution in [0.3, 0.4) is 0 Å². The highest BCUT2D eigenvalue weighted by atomic mass is 35.5. The van der Waals surface area contributed by atoms with E-state index in [0.717, 1.165) is 4.88 Å². The number of hydrogen-bond donors (Lipinski definition) is 0. The van der Waals surface area contributed by atoms with Crippen molar-refractivity contribution >= 4 is 34.6 Å². The van der Waals surface area contributed by atoms with E-state index in [0.29, 0.717) is 66.2 Å². The van der Waals surface area contributed by atoms with E-state index in [1.807, 2.05) is 17.5 Å². The molecule has 2 aromatic heterocycles. The van der Waals surface area contributed by atoms with Crippen molar-refractivity contribution in [3.8, 4) is 10.7 Å². The first-order valence-electron chi connectivity index (χ1n) is 10.9. The first-order chi connectivity index (χ1) is 16.6. The summed E-state index contributed by atoms with van der Waals surface area (Å²) < 4.78 is 5.40. The largest absolute Gasteiger partial charge is 0.338 e. The number of nitrogens with zero attached hydrogens (tertiary/aromatic N) is 4. The lowest BCUT2D eigenvalue weighted by Crippen LogP contribution is -2.48. The number of carbonyl (C=O) groups is 2. The Hall–Kier alpha value is -3.33. The van der Waals surface area contributed by atoms with E-state index in [1.54, 1.807) is 64.8 Å². The number of halogens is 1. The molecule has 0 aliphatic carbocycles. The van der Waals surface area contributed by atoms with Crippen LogP contribution in [-0.2, 0) is 6.54 Å². The molecular weight excluding hydrogens is 472 g/mol. The molecule has 0 unspecified atom stereocenters. The Morgan fingerprint density at radius 2 is 1.68 bits per heavy atom. The smallest absolute Gasteiger partial charge is 0.254 e. The van der Waals surface area contributed by atoms with E-state index in [2.05, 4.69) is 15.0 Å². The molecule has 9 heteroatoms. The molecule has 172 valence electrons. The molecule has 1 amide bonds. The third-order valence-corrected chi connectivity index (χ3v) is 6.85. The fraction of sp³-hybridized carbons (Fsp3) is 0.200. The van der Waals surface area contributed by atoms with Gasteiger partial charge < -0.3 is 9.42 Å². The van der Waals surface area contributed by atoms with E-state index in [1.165, 1.54) is 0 Å². The number of hydrogen-bond acceptors (Lipinski definition) is 7. The summed E-state index contributed by atoms with van der Waals surface area (Å²) in [5.74, 6) is 0.815. The first-order valence-corrected chi connectivity index (χ1v) is 12.1. The van der Waals surface area contributed by atoms with Gasteiger partial charge in [-0.3, -0.25) is 14.5 Å². The lowest BCUT2D eigenvalue weighted by Gasteiger charge is -2.34. The monoisotopic (exact) mass is 492 g/mol. The molecule has 1 saturated heterocycles. The molecule has 0 radical (unpaired) electrons. The average Bonchev–Trinajstić information content (AvgIpc) is 3.57. The van der Waals surface area contributed by atoms with Crippen LogP contribution >= 0.6 is 22.9 Å². The number of ketones is 1. The summed E-state index contributed by atoms with van der Waals surface area (Å²) in [7, 11) is 0. The lowest BCUT2D eigenvalue weighted by atomic mass is 9.97. The predicted molar refractivity (Wildman–Crippen MR) is 130 cm³/mol. The van der Waals surface area contributed by atoms with Gasteiger partial charge in [-0.05, 0) is 41.8 Å². The summed E-state index contributed by atoms with van der Waals surface area (Å²) in [6.45, 7) is 2.99. The fourth-order valence-electron chi connectivity index (χ4n) is 3.92. The Bertz CT molecular complexity index is 1300. The van der Waals surface area contributed by atoms with E-state index >= 15 is 0 Å². The van der Waals surface area contributed by atoms with Crippen LogP contribution in [0.25, 0.3) is 10.7 Å². The van der Waals surface area contributed by atoms with Crippen LogP contribution in [0.5, 0.6) is 0 Å². The van der Waals surface area contributed by atoms with Crippen molar-refractivity contribution in [2.45, 2.75) is 6.54 Å². The number of thiophene rings is 1. The minimum Gasteiger partial charge on any atom is -0.338 e. The molecule has 2 aromatic carbocycles. The van der Waals surface area contributed by atoms with Gasteiger partial charge in [0.2, 0.25) is 11.7 Å². The minimum absolute atomic E-state index is 0.143. The van der Waals surface area contributed by atoms with Gasteiger partial charge in [0.1, 0.15) is 0 Å². The molecule has 34 heavy (non-hydrogen) atoms. The summed E-state index contributed by atoms with van der Waals surface area (Å²) in [5.41, 5.74) is 1.30. The van der Waals surface area contributed by atoms with Crippen molar-refractivity contribution in [2.24, 2.45) is 0 Å². The van der Waals surface area contributed by atoms with E-state index in [4.69, 9.17) is 16.1 Å². The Labute approximate surface area is 205 Å². The molecule has 0 N–H and O–H groups in total. The third kappa shape index (κ3) is 4.79. The van der Waals surface area contributed by atoms with Crippen LogP contribution < -0.4 is 0 Å². The molecule has 3 heterocycles. The molecule has 4 aromatic rings. The molecule has 0 bridgehead atoms. The highest BCUT2D eigenvalue weighted by molar-refractivity contribution is 7.13. The summed E-state index contributed by atoms with van der Waals surface area (Å²) >= 11 is 7.51. The molecule has 1 aliphatic heterocycles. The molecule has 7 nitrogen and oxygen atoms in total. The molecule has 1 aliphatic rings. The van der Waals surface area contributed by atoms with Crippen molar-refractivity contribution in [1.29, 1.82) is 0 Å². The summed E-state index contributed by atoms with van der Waals surface area (Å²) in [6, 6.07) is 17.6. The lowest BCUT2D eigenvalue weighted by molar-refractivity contribution is 0.0612.